The summed E-state index contributed by atoms with van der Waals surface area (Å²) >= 11 is 0. The van der Waals surface area contributed by atoms with Crippen LogP contribution in [0.1, 0.15) is 46.7 Å². The van der Waals surface area contributed by atoms with Crippen molar-refractivity contribution in [1.82, 2.24) is 0 Å². The van der Waals surface area contributed by atoms with E-state index in [1.807, 2.05) is 0 Å². The number of aryl methyl sites for hydroxylation is 1. The Balaban J connectivity index is 1.88. The van der Waals surface area contributed by atoms with Crippen LogP contribution in [0.5, 0.6) is 5.75 Å². The van der Waals surface area contributed by atoms with Crippen LogP contribution in [-0.4, -0.2) is 33.5 Å². The molecule has 0 saturated heterocycles. The molecule has 1 aliphatic rings. The number of amides is 1. The van der Waals surface area contributed by atoms with Crippen LogP contribution in [0, 0.1) is 6.92 Å². The van der Waals surface area contributed by atoms with Crippen LogP contribution < -0.4 is 20.8 Å². The Morgan fingerprint density at radius 2 is 2.04 bits per heavy atom. The number of halogens is 2. The van der Waals surface area contributed by atoms with E-state index in [9.17, 15) is 13.6 Å². The quantitative estimate of drug-likeness (QED) is 0.777. The number of anilines is 1. The first-order valence-corrected chi connectivity index (χ1v) is 9.45. The van der Waals surface area contributed by atoms with E-state index in [2.05, 4.69) is 44.9 Å². The van der Waals surface area contributed by atoms with Crippen molar-refractivity contribution in [3.05, 3.63) is 53.1 Å². The molecule has 1 fully saturated rings. The van der Waals surface area contributed by atoms with Gasteiger partial charge in [0.25, 0.3) is 0 Å². The van der Waals surface area contributed by atoms with Gasteiger partial charge in [-0.15, -0.1) is 0 Å². The van der Waals surface area contributed by atoms with Crippen molar-refractivity contribution in [2.24, 2.45) is 5.73 Å². The lowest BCUT2D eigenvalue weighted by atomic mass is 9.90. The van der Waals surface area contributed by atoms with Gasteiger partial charge in [0.2, 0.25) is 5.91 Å². The molecule has 1 amide bonds. The number of hydrogen-bond acceptors (Lipinski definition) is 3. The van der Waals surface area contributed by atoms with Gasteiger partial charge < -0.3 is 15.4 Å². The zero-order valence-electron chi connectivity index (χ0n) is 16.4. The van der Waals surface area contributed by atoms with Crippen molar-refractivity contribution in [1.29, 1.82) is 0 Å². The number of hydrogen-bond donors (Lipinski definition) is 1. The largest absolute Gasteiger partial charge is 0.435 e. The maximum absolute atomic E-state index is 12.9. The summed E-state index contributed by atoms with van der Waals surface area (Å²) in [5.41, 5.74) is 9.84. The van der Waals surface area contributed by atoms with Gasteiger partial charge in [0.1, 0.15) is 13.6 Å². The molecule has 7 heteroatoms. The van der Waals surface area contributed by atoms with E-state index >= 15 is 0 Å². The van der Waals surface area contributed by atoms with Crippen LogP contribution in [0.2, 0.25) is 0 Å². The van der Waals surface area contributed by atoms with Gasteiger partial charge in [-0.2, -0.15) is 8.78 Å². The molecule has 2 unspecified atom stereocenters. The van der Waals surface area contributed by atoms with Gasteiger partial charge >= 0.3 is 6.61 Å². The minimum atomic E-state index is -2.95. The molecule has 28 heavy (non-hydrogen) atoms. The maximum atomic E-state index is 12.9. The summed E-state index contributed by atoms with van der Waals surface area (Å²) in [7, 11) is 4.14. The molecule has 0 bridgehead atoms. The Morgan fingerprint density at radius 3 is 2.68 bits per heavy atom. The first-order chi connectivity index (χ1) is 13.3. The van der Waals surface area contributed by atoms with Crippen LogP contribution in [0.25, 0.3) is 0 Å². The number of benzene rings is 2. The summed E-state index contributed by atoms with van der Waals surface area (Å²) in [6.07, 6.45) is 2.42. The van der Waals surface area contributed by atoms with Gasteiger partial charge in [-0.3, -0.25) is 4.79 Å². The SMILES string of the molecule is Bc1cc(C)ccc1N(C)C1CCC(c2c(OC(F)F)cccc2C(N)=O)C1. The minimum absolute atomic E-state index is 0.0473. The predicted molar refractivity (Wildman–Crippen MR) is 110 cm³/mol. The van der Waals surface area contributed by atoms with E-state index in [1.165, 1.54) is 23.2 Å². The summed E-state index contributed by atoms with van der Waals surface area (Å²) in [6, 6.07) is 11.2. The summed E-state index contributed by atoms with van der Waals surface area (Å²) in [5.74, 6) is -0.636. The van der Waals surface area contributed by atoms with Crippen molar-refractivity contribution >= 4 is 24.9 Å². The Hall–Kier alpha value is -2.57. The number of nitrogens with zero attached hydrogens (tertiary/aromatic N) is 1. The van der Waals surface area contributed by atoms with Crippen molar-refractivity contribution in [2.75, 3.05) is 11.9 Å². The van der Waals surface area contributed by atoms with Crippen LogP contribution in [0.15, 0.2) is 36.4 Å². The summed E-state index contributed by atoms with van der Waals surface area (Å²) in [5, 5.41) is 0. The predicted octanol–water partition coefficient (Wildman–Crippen LogP) is 2.73. The average molecular weight is 386 g/mol. The molecule has 148 valence electrons. The molecule has 0 spiro atoms. The fourth-order valence-electron chi connectivity index (χ4n) is 4.35. The normalized spacial score (nSPS) is 19.0. The molecule has 3 rings (SSSR count). The topological polar surface area (TPSA) is 55.6 Å². The molecule has 2 N–H and O–H groups in total. The third-order valence-electron chi connectivity index (χ3n) is 5.64. The van der Waals surface area contributed by atoms with E-state index in [4.69, 9.17) is 10.5 Å². The maximum Gasteiger partial charge on any atom is 0.387 e. The smallest absolute Gasteiger partial charge is 0.387 e. The van der Waals surface area contributed by atoms with Gasteiger partial charge in [-0.25, -0.2) is 0 Å². The van der Waals surface area contributed by atoms with Crippen molar-refractivity contribution in [3.63, 3.8) is 0 Å². The van der Waals surface area contributed by atoms with E-state index in [1.54, 1.807) is 6.07 Å². The molecule has 2 aromatic rings. The van der Waals surface area contributed by atoms with Crippen molar-refractivity contribution in [2.45, 2.75) is 44.8 Å². The summed E-state index contributed by atoms with van der Waals surface area (Å²) < 4.78 is 30.5. The molecule has 2 aromatic carbocycles. The molecular weight excluding hydrogens is 361 g/mol. The molecule has 4 nitrogen and oxygen atoms in total. The first kappa shape index (κ1) is 20.2. The lowest BCUT2D eigenvalue weighted by molar-refractivity contribution is -0.0506. The summed E-state index contributed by atoms with van der Waals surface area (Å²) in [4.78, 5) is 14.1. The van der Waals surface area contributed by atoms with E-state index in [0.717, 1.165) is 24.9 Å². The standard InChI is InChI=1S/C21H25BF2N2O2/c1-12-6-9-17(16(22)10-12)26(2)14-8-7-13(11-14)19-15(20(25)27)4-3-5-18(19)28-21(23)24/h3-6,9-10,13-14,21H,7-8,11,22H2,1-2H3,(H2,25,27). The number of carbonyl (C=O) groups is 1. The minimum Gasteiger partial charge on any atom is -0.435 e. The monoisotopic (exact) mass is 386 g/mol. The molecule has 1 saturated carbocycles. The lowest BCUT2D eigenvalue weighted by Crippen LogP contribution is -2.33. The Bertz CT molecular complexity index is 875. The van der Waals surface area contributed by atoms with Crippen LogP contribution >= 0.6 is 0 Å². The molecule has 0 radical (unpaired) electrons. The second-order valence-electron chi connectivity index (χ2n) is 7.52. The van der Waals surface area contributed by atoms with E-state index in [-0.39, 0.29) is 23.3 Å². The van der Waals surface area contributed by atoms with E-state index in [0.29, 0.717) is 5.56 Å². The van der Waals surface area contributed by atoms with Gasteiger partial charge in [0.15, 0.2) is 0 Å². The lowest BCUT2D eigenvalue weighted by Gasteiger charge is -2.29. The Kier molecular flexibility index (Phi) is 5.91. The highest BCUT2D eigenvalue weighted by Crippen LogP contribution is 2.43. The van der Waals surface area contributed by atoms with E-state index < -0.39 is 12.5 Å². The van der Waals surface area contributed by atoms with Crippen molar-refractivity contribution in [3.8, 4) is 5.75 Å². The van der Waals surface area contributed by atoms with Gasteiger partial charge in [0, 0.05) is 29.9 Å². The van der Waals surface area contributed by atoms with Crippen LogP contribution in [0.4, 0.5) is 14.5 Å². The molecule has 1 aliphatic carbocycles. The highest BCUT2D eigenvalue weighted by Gasteiger charge is 2.33. The van der Waals surface area contributed by atoms with Crippen LogP contribution in [-0.2, 0) is 0 Å². The van der Waals surface area contributed by atoms with Gasteiger partial charge in [-0.05, 0) is 50.3 Å². The fraction of sp³-hybridized carbons (Fsp3) is 0.381. The molecular formula is C21H25BF2N2O2. The van der Waals surface area contributed by atoms with Gasteiger partial charge in [-0.1, -0.05) is 29.2 Å². The Labute approximate surface area is 165 Å². The van der Waals surface area contributed by atoms with Crippen LogP contribution in [0.3, 0.4) is 0 Å². The third kappa shape index (κ3) is 4.13. The average Bonchev–Trinajstić information content (AvgIpc) is 3.10. The molecule has 0 heterocycles. The zero-order chi connectivity index (χ0) is 20.4. The summed E-state index contributed by atoms with van der Waals surface area (Å²) in [6.45, 7) is -0.884. The number of alkyl halides is 2. The highest BCUT2D eigenvalue weighted by molar-refractivity contribution is 6.36. The first-order valence-electron chi connectivity index (χ1n) is 9.45. The van der Waals surface area contributed by atoms with Crippen molar-refractivity contribution < 1.29 is 18.3 Å². The third-order valence-corrected chi connectivity index (χ3v) is 5.64. The number of nitrogens with two attached hydrogens (primary N) is 1. The Morgan fingerprint density at radius 1 is 1.29 bits per heavy atom. The number of carbonyl (C=O) groups excluding carboxylic acids is 1. The number of primary amides is 1. The zero-order valence-corrected chi connectivity index (χ0v) is 16.4. The molecule has 0 aliphatic heterocycles. The molecule has 0 aromatic heterocycles. The number of ether oxygens (including phenoxy) is 1. The number of rotatable bonds is 6. The molecule has 2 atom stereocenters. The second-order valence-corrected chi connectivity index (χ2v) is 7.52. The highest BCUT2D eigenvalue weighted by atomic mass is 19.3. The van der Waals surface area contributed by atoms with Gasteiger partial charge in [0.05, 0.1) is 0 Å². The fourth-order valence-corrected chi connectivity index (χ4v) is 4.35. The second kappa shape index (κ2) is 8.21.